The molecular weight excluding hydrogens is 146 g/mol. The highest BCUT2D eigenvalue weighted by atomic mass is 32.2. The van der Waals surface area contributed by atoms with Crippen LogP contribution in [-0.2, 0) is 10.8 Å². The van der Waals surface area contributed by atoms with E-state index >= 15 is 0 Å². The lowest BCUT2D eigenvalue weighted by molar-refractivity contribution is 0.258. The van der Waals surface area contributed by atoms with Crippen LogP contribution in [0.5, 0.6) is 0 Å². The van der Waals surface area contributed by atoms with Crippen molar-refractivity contribution in [2.24, 2.45) is 0 Å². The molecule has 10 heavy (non-hydrogen) atoms. The number of nitrogens with zero attached hydrogens (tertiary/aromatic N) is 1. The summed E-state index contributed by atoms with van der Waals surface area (Å²) in [6.45, 7) is 5.19. The fourth-order valence-corrected chi connectivity index (χ4v) is 2.69. The van der Waals surface area contributed by atoms with Crippen molar-refractivity contribution in [1.29, 1.82) is 0 Å². The van der Waals surface area contributed by atoms with E-state index in [2.05, 4.69) is 25.8 Å². The van der Waals surface area contributed by atoms with Crippen molar-refractivity contribution < 1.29 is 4.21 Å². The highest BCUT2D eigenvalue weighted by Gasteiger charge is 2.26. The molecule has 0 aromatic heterocycles. The van der Waals surface area contributed by atoms with Crippen LogP contribution in [0.15, 0.2) is 0 Å². The second-order valence-electron chi connectivity index (χ2n) is 3.01. The molecule has 3 heteroatoms. The lowest BCUT2D eigenvalue weighted by Gasteiger charge is -2.34. The van der Waals surface area contributed by atoms with Crippen LogP contribution < -0.4 is 0 Å². The fourth-order valence-electron chi connectivity index (χ4n) is 1.20. The zero-order chi connectivity index (χ0) is 7.72. The van der Waals surface area contributed by atoms with E-state index in [4.69, 9.17) is 0 Å². The van der Waals surface area contributed by atoms with Crippen LogP contribution in [-0.4, -0.2) is 39.7 Å². The third-order valence-corrected chi connectivity index (χ3v) is 4.24. The molecule has 0 saturated carbocycles. The Morgan fingerprint density at radius 3 is 2.60 bits per heavy atom. The maximum atomic E-state index is 11.2. The summed E-state index contributed by atoms with van der Waals surface area (Å²) in [5.74, 6) is 0.849. The Morgan fingerprint density at radius 1 is 1.50 bits per heavy atom. The van der Waals surface area contributed by atoms with Gasteiger partial charge in [0, 0.05) is 34.4 Å². The van der Waals surface area contributed by atoms with Crippen LogP contribution in [0, 0.1) is 0 Å². The molecule has 3 atom stereocenters. The molecule has 1 rings (SSSR count). The van der Waals surface area contributed by atoms with Gasteiger partial charge >= 0.3 is 0 Å². The van der Waals surface area contributed by atoms with Gasteiger partial charge in [0.05, 0.1) is 0 Å². The molecule has 0 aromatic carbocycles. The van der Waals surface area contributed by atoms with E-state index < -0.39 is 10.8 Å². The molecular formula is C7H15NOS. The summed E-state index contributed by atoms with van der Waals surface area (Å²) in [5, 5.41) is 0.346. The van der Waals surface area contributed by atoms with Crippen LogP contribution in [0.1, 0.15) is 13.8 Å². The molecule has 0 aliphatic carbocycles. The van der Waals surface area contributed by atoms with Gasteiger partial charge in [-0.2, -0.15) is 0 Å². The van der Waals surface area contributed by atoms with Gasteiger partial charge in [-0.05, 0) is 20.9 Å². The van der Waals surface area contributed by atoms with Gasteiger partial charge in [-0.15, -0.1) is 0 Å². The van der Waals surface area contributed by atoms with E-state index in [0.29, 0.717) is 11.3 Å². The van der Waals surface area contributed by atoms with Crippen molar-refractivity contribution in [3.05, 3.63) is 0 Å². The highest BCUT2D eigenvalue weighted by molar-refractivity contribution is 7.85. The molecule has 1 unspecified atom stereocenters. The van der Waals surface area contributed by atoms with Gasteiger partial charge in [-0.25, -0.2) is 0 Å². The summed E-state index contributed by atoms with van der Waals surface area (Å²) in [5.41, 5.74) is 0. The Labute approximate surface area is 65.1 Å². The smallest absolute Gasteiger partial charge is 0.0472 e. The molecule has 1 aliphatic heterocycles. The Hall–Kier alpha value is 0.110. The van der Waals surface area contributed by atoms with E-state index in [1.165, 1.54) is 0 Å². The van der Waals surface area contributed by atoms with Crippen molar-refractivity contribution in [2.75, 3.05) is 19.3 Å². The third-order valence-electron chi connectivity index (χ3n) is 2.43. The lowest BCUT2D eigenvalue weighted by atomic mass is 10.2. The predicted octanol–water partition coefficient (Wildman–Crippen LogP) is 0.458. The van der Waals surface area contributed by atoms with Crippen LogP contribution in [0.3, 0.4) is 0 Å². The van der Waals surface area contributed by atoms with Gasteiger partial charge in [0.2, 0.25) is 0 Å². The van der Waals surface area contributed by atoms with Crippen molar-refractivity contribution >= 4 is 10.8 Å². The minimum Gasteiger partial charge on any atom is -0.302 e. The SMILES string of the molecule is C[C@@H]1[C@H](C)S(=O)CCN1C. The molecule has 0 amide bonds. The van der Waals surface area contributed by atoms with Crippen LogP contribution in [0.4, 0.5) is 0 Å². The number of hydrogen-bond acceptors (Lipinski definition) is 2. The highest BCUT2D eigenvalue weighted by Crippen LogP contribution is 2.13. The summed E-state index contributed by atoms with van der Waals surface area (Å²) < 4.78 is 11.2. The average Bonchev–Trinajstić information content (AvgIpc) is 1.93. The first-order chi connectivity index (χ1) is 4.63. The quantitative estimate of drug-likeness (QED) is 0.514. The molecule has 0 N–H and O–H groups in total. The van der Waals surface area contributed by atoms with E-state index in [9.17, 15) is 4.21 Å². The van der Waals surface area contributed by atoms with E-state index in [1.54, 1.807) is 0 Å². The Kier molecular flexibility index (Phi) is 2.47. The van der Waals surface area contributed by atoms with Gasteiger partial charge < -0.3 is 4.90 Å². The van der Waals surface area contributed by atoms with Crippen molar-refractivity contribution in [3.63, 3.8) is 0 Å². The Bertz CT molecular complexity index is 149. The second-order valence-corrected chi connectivity index (χ2v) is 4.92. The summed E-state index contributed by atoms with van der Waals surface area (Å²) in [6.07, 6.45) is 0. The number of hydrogen-bond donors (Lipinski definition) is 0. The van der Waals surface area contributed by atoms with Gasteiger partial charge in [0.15, 0.2) is 0 Å². The Balaban J connectivity index is 2.60. The van der Waals surface area contributed by atoms with Crippen LogP contribution in [0.2, 0.25) is 0 Å². The molecule has 0 aromatic rings. The largest absolute Gasteiger partial charge is 0.302 e. The molecule has 0 radical (unpaired) electrons. The molecule has 0 bridgehead atoms. The maximum Gasteiger partial charge on any atom is 0.0472 e. The third kappa shape index (κ3) is 1.40. The summed E-state index contributed by atoms with van der Waals surface area (Å²) in [7, 11) is 1.52. The predicted molar refractivity (Wildman–Crippen MR) is 44.6 cm³/mol. The number of rotatable bonds is 0. The van der Waals surface area contributed by atoms with E-state index in [-0.39, 0.29) is 0 Å². The summed E-state index contributed by atoms with van der Waals surface area (Å²) in [4.78, 5) is 2.27. The van der Waals surface area contributed by atoms with E-state index in [0.717, 1.165) is 12.3 Å². The molecule has 1 aliphatic rings. The normalized spacial score (nSPS) is 43.7. The molecule has 0 spiro atoms. The molecule has 60 valence electrons. The molecule has 1 heterocycles. The van der Waals surface area contributed by atoms with Gasteiger partial charge in [0.1, 0.15) is 0 Å². The molecule has 1 fully saturated rings. The lowest BCUT2D eigenvalue weighted by Crippen LogP contribution is -2.47. The topological polar surface area (TPSA) is 20.3 Å². The summed E-state index contributed by atoms with van der Waals surface area (Å²) in [6, 6.07) is 0.481. The maximum absolute atomic E-state index is 11.2. The van der Waals surface area contributed by atoms with Crippen molar-refractivity contribution in [2.45, 2.75) is 25.1 Å². The van der Waals surface area contributed by atoms with Gasteiger partial charge in [-0.1, -0.05) is 0 Å². The molecule has 2 nitrogen and oxygen atoms in total. The first kappa shape index (κ1) is 8.21. The second kappa shape index (κ2) is 3.01. The van der Waals surface area contributed by atoms with Gasteiger partial charge in [-0.3, -0.25) is 4.21 Å². The first-order valence-electron chi connectivity index (χ1n) is 3.70. The minimum absolute atomic E-state index is 0.346. The minimum atomic E-state index is -0.577. The zero-order valence-electron chi connectivity index (χ0n) is 6.83. The standard InChI is InChI=1S/C7H15NOS/c1-6-7(2)10(9)5-4-8(6)3/h6-7H,4-5H2,1-3H3/t6-,7+,10?/m1/s1. The first-order valence-corrected chi connectivity index (χ1v) is 5.08. The van der Waals surface area contributed by atoms with E-state index in [1.807, 2.05) is 0 Å². The fraction of sp³-hybridized carbons (Fsp3) is 1.00. The van der Waals surface area contributed by atoms with Crippen LogP contribution in [0.25, 0.3) is 0 Å². The van der Waals surface area contributed by atoms with Crippen LogP contribution >= 0.6 is 0 Å². The van der Waals surface area contributed by atoms with Crippen molar-refractivity contribution in [1.82, 2.24) is 4.90 Å². The zero-order valence-corrected chi connectivity index (χ0v) is 7.65. The van der Waals surface area contributed by atoms with Crippen molar-refractivity contribution in [3.8, 4) is 0 Å². The Morgan fingerprint density at radius 2 is 2.10 bits per heavy atom. The average molecular weight is 161 g/mol. The van der Waals surface area contributed by atoms with Gasteiger partial charge in [0.25, 0.3) is 0 Å². The molecule has 1 saturated heterocycles. The monoisotopic (exact) mass is 161 g/mol. The summed E-state index contributed by atoms with van der Waals surface area (Å²) >= 11 is 0.